The lowest BCUT2D eigenvalue weighted by Crippen LogP contribution is -2.28. The number of aromatic nitrogens is 1. The standard InChI is InChI=1S/C8H7ClF2N2/c9-6-3-1-2-5(13-6)7(12)4-8(7,10)11/h1-3H,4,12H2. The number of alkyl halides is 2. The molecule has 0 radical (unpaired) electrons. The van der Waals surface area contributed by atoms with Crippen molar-refractivity contribution in [2.75, 3.05) is 0 Å². The Kier molecular flexibility index (Phi) is 1.63. The Morgan fingerprint density at radius 1 is 1.46 bits per heavy atom. The van der Waals surface area contributed by atoms with Gasteiger partial charge in [-0.2, -0.15) is 0 Å². The van der Waals surface area contributed by atoms with Crippen LogP contribution < -0.4 is 5.73 Å². The first kappa shape index (κ1) is 8.84. The molecule has 1 fully saturated rings. The van der Waals surface area contributed by atoms with Gasteiger partial charge in [-0.1, -0.05) is 17.7 Å². The molecule has 1 aliphatic rings. The van der Waals surface area contributed by atoms with Gasteiger partial charge in [-0.25, -0.2) is 13.8 Å². The van der Waals surface area contributed by atoms with Crippen LogP contribution in [0.25, 0.3) is 0 Å². The molecule has 0 bridgehead atoms. The Bertz CT molecular complexity index is 356. The molecular formula is C8H7ClF2N2. The van der Waals surface area contributed by atoms with E-state index in [0.29, 0.717) is 0 Å². The number of halogens is 3. The summed E-state index contributed by atoms with van der Waals surface area (Å²) in [6, 6.07) is 4.55. The Morgan fingerprint density at radius 3 is 2.54 bits per heavy atom. The molecule has 1 saturated carbocycles. The van der Waals surface area contributed by atoms with Crippen LogP contribution in [0.5, 0.6) is 0 Å². The summed E-state index contributed by atoms with van der Waals surface area (Å²) in [5, 5.41) is 0.185. The minimum Gasteiger partial charge on any atom is -0.315 e. The van der Waals surface area contributed by atoms with Gasteiger partial charge in [0.15, 0.2) is 0 Å². The molecule has 2 nitrogen and oxygen atoms in total. The van der Waals surface area contributed by atoms with Crippen molar-refractivity contribution in [3.8, 4) is 0 Å². The summed E-state index contributed by atoms with van der Waals surface area (Å²) in [6.45, 7) is 0. The van der Waals surface area contributed by atoms with Crippen molar-refractivity contribution in [1.29, 1.82) is 0 Å². The maximum Gasteiger partial charge on any atom is 0.273 e. The Morgan fingerprint density at radius 2 is 2.08 bits per heavy atom. The lowest BCUT2D eigenvalue weighted by atomic mass is 10.2. The van der Waals surface area contributed by atoms with E-state index in [2.05, 4.69) is 4.98 Å². The summed E-state index contributed by atoms with van der Waals surface area (Å²) in [5.41, 5.74) is 4.00. The average molecular weight is 205 g/mol. The second-order valence-electron chi connectivity index (χ2n) is 3.20. The molecule has 1 aromatic heterocycles. The van der Waals surface area contributed by atoms with Crippen LogP contribution in [-0.4, -0.2) is 10.9 Å². The second kappa shape index (κ2) is 2.39. The van der Waals surface area contributed by atoms with Gasteiger partial charge in [0.25, 0.3) is 5.92 Å². The normalized spacial score (nSPS) is 30.2. The number of pyridine rings is 1. The van der Waals surface area contributed by atoms with Crippen LogP contribution in [0, 0.1) is 0 Å². The van der Waals surface area contributed by atoms with Crippen molar-refractivity contribution in [2.45, 2.75) is 17.9 Å². The highest BCUT2D eigenvalue weighted by Crippen LogP contribution is 2.56. The molecule has 0 aliphatic heterocycles. The SMILES string of the molecule is NC1(c2cccc(Cl)n2)CC1(F)F. The molecule has 1 aliphatic carbocycles. The van der Waals surface area contributed by atoms with E-state index in [1.54, 1.807) is 6.07 Å². The lowest BCUT2D eigenvalue weighted by Gasteiger charge is -2.08. The molecule has 1 aromatic rings. The van der Waals surface area contributed by atoms with E-state index in [4.69, 9.17) is 17.3 Å². The molecule has 0 amide bonds. The van der Waals surface area contributed by atoms with Gasteiger partial charge in [-0.3, -0.25) is 0 Å². The summed E-state index contributed by atoms with van der Waals surface area (Å²) in [7, 11) is 0. The van der Waals surface area contributed by atoms with Crippen molar-refractivity contribution in [2.24, 2.45) is 5.73 Å². The Labute approximate surface area is 78.7 Å². The van der Waals surface area contributed by atoms with Crippen LogP contribution in [0.3, 0.4) is 0 Å². The number of nitrogens with zero attached hydrogens (tertiary/aromatic N) is 1. The summed E-state index contributed by atoms with van der Waals surface area (Å²) >= 11 is 5.56. The van der Waals surface area contributed by atoms with E-state index in [0.717, 1.165) is 0 Å². The molecule has 2 N–H and O–H groups in total. The molecule has 70 valence electrons. The predicted octanol–water partition coefficient (Wildman–Crippen LogP) is 1.93. The highest BCUT2D eigenvalue weighted by Gasteiger charge is 2.70. The minimum absolute atomic E-state index is 0.157. The Balaban J connectivity index is 2.38. The van der Waals surface area contributed by atoms with Gasteiger partial charge >= 0.3 is 0 Å². The van der Waals surface area contributed by atoms with Crippen molar-refractivity contribution < 1.29 is 8.78 Å². The van der Waals surface area contributed by atoms with Gasteiger partial charge in [0.1, 0.15) is 10.7 Å². The van der Waals surface area contributed by atoms with E-state index in [1.807, 2.05) is 0 Å². The quantitative estimate of drug-likeness (QED) is 0.710. The van der Waals surface area contributed by atoms with Crippen LogP contribution in [-0.2, 0) is 5.54 Å². The number of rotatable bonds is 1. The van der Waals surface area contributed by atoms with Crippen molar-refractivity contribution in [3.05, 3.63) is 29.0 Å². The van der Waals surface area contributed by atoms with E-state index < -0.39 is 11.5 Å². The van der Waals surface area contributed by atoms with Crippen molar-refractivity contribution in [3.63, 3.8) is 0 Å². The zero-order chi connectivity index (χ0) is 9.69. The van der Waals surface area contributed by atoms with E-state index in [-0.39, 0.29) is 17.3 Å². The monoisotopic (exact) mass is 204 g/mol. The summed E-state index contributed by atoms with van der Waals surface area (Å²) in [4.78, 5) is 3.76. The van der Waals surface area contributed by atoms with Gasteiger partial charge in [-0.05, 0) is 12.1 Å². The molecule has 0 aromatic carbocycles. The molecule has 0 saturated heterocycles. The minimum atomic E-state index is -2.84. The predicted molar refractivity (Wildman–Crippen MR) is 44.7 cm³/mol. The van der Waals surface area contributed by atoms with Gasteiger partial charge in [0.2, 0.25) is 0 Å². The molecule has 1 heterocycles. The van der Waals surface area contributed by atoms with Crippen LogP contribution in [0.1, 0.15) is 12.1 Å². The molecule has 1 atom stereocenters. The third-order valence-corrected chi connectivity index (χ3v) is 2.41. The number of hydrogen-bond donors (Lipinski definition) is 1. The maximum atomic E-state index is 12.8. The smallest absolute Gasteiger partial charge is 0.273 e. The van der Waals surface area contributed by atoms with Crippen molar-refractivity contribution in [1.82, 2.24) is 4.98 Å². The third kappa shape index (κ3) is 1.21. The zero-order valence-electron chi connectivity index (χ0n) is 6.60. The first-order chi connectivity index (χ1) is 5.96. The fraction of sp³-hybridized carbons (Fsp3) is 0.375. The second-order valence-corrected chi connectivity index (χ2v) is 3.59. The highest BCUT2D eigenvalue weighted by atomic mass is 35.5. The molecule has 13 heavy (non-hydrogen) atoms. The third-order valence-electron chi connectivity index (χ3n) is 2.20. The zero-order valence-corrected chi connectivity index (χ0v) is 7.35. The van der Waals surface area contributed by atoms with Gasteiger partial charge < -0.3 is 5.73 Å². The number of hydrogen-bond acceptors (Lipinski definition) is 2. The van der Waals surface area contributed by atoms with Crippen molar-refractivity contribution >= 4 is 11.6 Å². The van der Waals surface area contributed by atoms with Crippen LogP contribution in [0.4, 0.5) is 8.78 Å². The fourth-order valence-electron chi connectivity index (χ4n) is 1.24. The number of nitrogens with two attached hydrogens (primary N) is 1. The fourth-order valence-corrected chi connectivity index (χ4v) is 1.40. The van der Waals surface area contributed by atoms with E-state index >= 15 is 0 Å². The molecule has 0 spiro atoms. The van der Waals surface area contributed by atoms with Gasteiger partial charge in [0.05, 0.1) is 5.69 Å². The van der Waals surface area contributed by atoms with Gasteiger partial charge in [-0.15, -0.1) is 0 Å². The molecule has 2 rings (SSSR count). The van der Waals surface area contributed by atoms with Crippen LogP contribution >= 0.6 is 11.6 Å². The highest BCUT2D eigenvalue weighted by molar-refractivity contribution is 6.29. The summed E-state index contributed by atoms with van der Waals surface area (Å²) < 4.78 is 25.6. The maximum absolute atomic E-state index is 12.8. The molecule has 1 unspecified atom stereocenters. The lowest BCUT2D eigenvalue weighted by molar-refractivity contribution is 0.0881. The first-order valence-electron chi connectivity index (χ1n) is 3.75. The van der Waals surface area contributed by atoms with Crippen LogP contribution in [0.15, 0.2) is 18.2 Å². The Hall–Kier alpha value is -0.740. The molecule has 5 heteroatoms. The first-order valence-corrected chi connectivity index (χ1v) is 4.13. The van der Waals surface area contributed by atoms with E-state index in [1.165, 1.54) is 12.1 Å². The van der Waals surface area contributed by atoms with E-state index in [9.17, 15) is 8.78 Å². The largest absolute Gasteiger partial charge is 0.315 e. The summed E-state index contributed by atoms with van der Waals surface area (Å²) in [6.07, 6.45) is -0.354. The van der Waals surface area contributed by atoms with Gasteiger partial charge in [0, 0.05) is 6.42 Å². The van der Waals surface area contributed by atoms with Crippen LogP contribution in [0.2, 0.25) is 5.15 Å². The molecular weight excluding hydrogens is 198 g/mol. The summed E-state index contributed by atoms with van der Waals surface area (Å²) in [5.74, 6) is -2.84. The topological polar surface area (TPSA) is 38.9 Å². The average Bonchev–Trinajstić information content (AvgIpc) is 2.53.